The van der Waals surface area contributed by atoms with Crippen molar-refractivity contribution in [1.82, 2.24) is 15.2 Å². The zero-order valence-electron chi connectivity index (χ0n) is 20.6. The van der Waals surface area contributed by atoms with Crippen LogP contribution in [0.5, 0.6) is 0 Å². The minimum atomic E-state index is -0.0800. The molecule has 1 N–H and O–H groups in total. The van der Waals surface area contributed by atoms with Crippen LogP contribution < -0.4 is 10.2 Å². The SMILES string of the molecule is O=C1CCC(=O)N1Cc1cc2nccc(-c3cc(Cl)cc4c3N([C@@H]3CNC5(CCC5)C3)C[C@H]3C[C@@H]43)c2s1. The molecular formula is C29H29ClN4O2S. The summed E-state index contributed by atoms with van der Waals surface area (Å²) in [6.45, 7) is 2.50. The van der Waals surface area contributed by atoms with E-state index in [1.54, 1.807) is 11.3 Å². The molecule has 3 aliphatic heterocycles. The zero-order valence-corrected chi connectivity index (χ0v) is 22.2. The van der Waals surface area contributed by atoms with Gasteiger partial charge < -0.3 is 10.2 Å². The molecule has 5 heterocycles. The molecule has 0 radical (unpaired) electrons. The third-order valence-electron chi connectivity index (χ3n) is 9.46. The van der Waals surface area contributed by atoms with Gasteiger partial charge in [0, 0.05) is 70.4 Å². The first-order valence-corrected chi connectivity index (χ1v) is 14.7. The number of benzene rings is 1. The van der Waals surface area contributed by atoms with Crippen LogP contribution >= 0.6 is 22.9 Å². The van der Waals surface area contributed by atoms with Gasteiger partial charge in [-0.15, -0.1) is 11.3 Å². The van der Waals surface area contributed by atoms with Gasteiger partial charge in [-0.1, -0.05) is 11.6 Å². The second-order valence-corrected chi connectivity index (χ2v) is 13.3. The van der Waals surface area contributed by atoms with Crippen molar-refractivity contribution < 1.29 is 9.59 Å². The average molecular weight is 533 g/mol. The van der Waals surface area contributed by atoms with E-state index in [2.05, 4.69) is 33.4 Å². The Labute approximate surface area is 225 Å². The number of amides is 2. The summed E-state index contributed by atoms with van der Waals surface area (Å²) in [6, 6.07) is 9.00. The molecule has 1 aromatic carbocycles. The largest absolute Gasteiger partial charge is 0.366 e. The summed E-state index contributed by atoms with van der Waals surface area (Å²) in [5, 5.41) is 4.67. The lowest BCUT2D eigenvalue weighted by Crippen LogP contribution is -2.46. The van der Waals surface area contributed by atoms with E-state index in [4.69, 9.17) is 11.6 Å². The first kappa shape index (κ1) is 22.5. The van der Waals surface area contributed by atoms with Crippen molar-refractivity contribution in [3.8, 4) is 11.1 Å². The molecule has 2 saturated heterocycles. The summed E-state index contributed by atoms with van der Waals surface area (Å²) < 4.78 is 1.10. The molecule has 8 heteroatoms. The fraction of sp³-hybridized carbons (Fsp3) is 0.483. The van der Waals surface area contributed by atoms with E-state index in [9.17, 15) is 9.59 Å². The molecule has 5 aliphatic rings. The van der Waals surface area contributed by atoms with Gasteiger partial charge in [0.15, 0.2) is 0 Å². The number of halogens is 1. The lowest BCUT2D eigenvalue weighted by Gasteiger charge is -2.41. The van der Waals surface area contributed by atoms with Crippen LogP contribution in [0.15, 0.2) is 30.5 Å². The van der Waals surface area contributed by atoms with Crippen molar-refractivity contribution in [1.29, 1.82) is 0 Å². The third kappa shape index (κ3) is 3.50. The molecule has 0 bridgehead atoms. The Balaban J connectivity index is 1.23. The number of thiophene rings is 1. The number of carbonyl (C=O) groups is 2. The highest BCUT2D eigenvalue weighted by molar-refractivity contribution is 7.19. The lowest BCUT2D eigenvalue weighted by atomic mass is 9.75. The van der Waals surface area contributed by atoms with Gasteiger partial charge in [0.2, 0.25) is 11.8 Å². The van der Waals surface area contributed by atoms with Crippen molar-refractivity contribution in [2.24, 2.45) is 5.92 Å². The molecule has 37 heavy (non-hydrogen) atoms. The number of rotatable bonds is 4. The fourth-order valence-corrected chi connectivity index (χ4v) is 8.66. The summed E-state index contributed by atoms with van der Waals surface area (Å²) in [4.78, 5) is 34.2. The highest BCUT2D eigenvalue weighted by atomic mass is 35.5. The molecule has 0 unspecified atom stereocenters. The normalized spacial score (nSPS) is 27.6. The van der Waals surface area contributed by atoms with E-state index in [0.29, 0.717) is 36.9 Å². The number of imide groups is 1. The van der Waals surface area contributed by atoms with E-state index < -0.39 is 0 Å². The molecular weight excluding hydrogens is 504 g/mol. The Hall–Kier alpha value is -2.48. The van der Waals surface area contributed by atoms with Crippen LogP contribution in [0.4, 0.5) is 5.69 Å². The maximum atomic E-state index is 12.2. The zero-order chi connectivity index (χ0) is 24.9. The number of aromatic nitrogens is 1. The Morgan fingerprint density at radius 2 is 1.97 bits per heavy atom. The van der Waals surface area contributed by atoms with Crippen molar-refractivity contribution in [2.75, 3.05) is 18.0 Å². The minimum absolute atomic E-state index is 0.0800. The van der Waals surface area contributed by atoms with Gasteiger partial charge >= 0.3 is 0 Å². The highest BCUT2D eigenvalue weighted by Gasteiger charge is 2.51. The molecule has 1 spiro atoms. The van der Waals surface area contributed by atoms with Gasteiger partial charge in [0.05, 0.1) is 16.8 Å². The van der Waals surface area contributed by atoms with Gasteiger partial charge in [0.25, 0.3) is 0 Å². The molecule has 2 aromatic heterocycles. The van der Waals surface area contributed by atoms with E-state index in [-0.39, 0.29) is 11.8 Å². The standard InChI is InChI=1S/C29H29ClN4O2S/c30-17-9-22(20-4-7-31-24-11-19(37-28(20)24)15-34-25(35)2-3-26(34)36)27-23(10-17)21-8-16(21)14-33(27)18-12-29(32-13-18)5-1-6-29/h4,7,9-11,16,18,21,32H,1-3,5-6,8,12-15H2/t16-,18+,21-/m1/s1. The maximum absolute atomic E-state index is 12.2. The summed E-state index contributed by atoms with van der Waals surface area (Å²) >= 11 is 8.42. The molecule has 2 amide bonds. The number of pyridine rings is 1. The third-order valence-corrected chi connectivity index (χ3v) is 10.8. The number of likely N-dealkylation sites (tertiary alicyclic amines) is 1. The van der Waals surface area contributed by atoms with Crippen molar-refractivity contribution >= 4 is 50.7 Å². The number of nitrogens with zero attached hydrogens (tertiary/aromatic N) is 3. The second-order valence-electron chi connectivity index (χ2n) is 11.7. The Morgan fingerprint density at radius 1 is 1.14 bits per heavy atom. The van der Waals surface area contributed by atoms with Crippen LogP contribution in [0, 0.1) is 5.92 Å². The molecule has 2 aliphatic carbocycles. The number of hydrogen-bond acceptors (Lipinski definition) is 6. The Bertz CT molecular complexity index is 1460. The molecule has 3 atom stereocenters. The predicted octanol–water partition coefficient (Wildman–Crippen LogP) is 5.47. The Kier molecular flexibility index (Phi) is 4.87. The van der Waals surface area contributed by atoms with Crippen LogP contribution in [0.2, 0.25) is 5.02 Å². The monoisotopic (exact) mass is 532 g/mol. The van der Waals surface area contributed by atoms with Crippen LogP contribution in [0.25, 0.3) is 21.3 Å². The van der Waals surface area contributed by atoms with E-state index in [1.807, 2.05) is 12.3 Å². The number of fused-ring (bicyclic) bond motifs is 4. The van der Waals surface area contributed by atoms with E-state index >= 15 is 0 Å². The van der Waals surface area contributed by atoms with Crippen molar-refractivity contribution in [3.63, 3.8) is 0 Å². The summed E-state index contributed by atoms with van der Waals surface area (Å²) in [7, 11) is 0. The Morgan fingerprint density at radius 3 is 2.73 bits per heavy atom. The number of carbonyl (C=O) groups excluding carboxylic acids is 2. The van der Waals surface area contributed by atoms with Crippen LogP contribution in [0.1, 0.15) is 61.3 Å². The number of anilines is 1. The van der Waals surface area contributed by atoms with Gasteiger partial charge in [-0.05, 0) is 73.8 Å². The molecule has 3 aromatic rings. The van der Waals surface area contributed by atoms with Gasteiger partial charge in [0.1, 0.15) is 0 Å². The molecule has 8 rings (SSSR count). The van der Waals surface area contributed by atoms with Gasteiger partial charge in [-0.2, -0.15) is 0 Å². The van der Waals surface area contributed by atoms with Crippen molar-refractivity contribution in [3.05, 3.63) is 45.9 Å². The summed E-state index contributed by atoms with van der Waals surface area (Å²) in [5.74, 6) is 1.18. The molecule has 190 valence electrons. The van der Waals surface area contributed by atoms with Crippen LogP contribution in [-0.2, 0) is 16.1 Å². The number of hydrogen-bond donors (Lipinski definition) is 1. The maximum Gasteiger partial charge on any atom is 0.230 e. The predicted molar refractivity (Wildman–Crippen MR) is 146 cm³/mol. The second kappa shape index (κ2) is 8.01. The summed E-state index contributed by atoms with van der Waals surface area (Å²) in [5.41, 5.74) is 6.37. The quantitative estimate of drug-likeness (QED) is 0.451. The first-order valence-electron chi connectivity index (χ1n) is 13.5. The van der Waals surface area contributed by atoms with Crippen LogP contribution in [0.3, 0.4) is 0 Å². The smallest absolute Gasteiger partial charge is 0.230 e. The highest BCUT2D eigenvalue weighted by Crippen LogP contribution is 2.59. The lowest BCUT2D eigenvalue weighted by molar-refractivity contribution is -0.138. The topological polar surface area (TPSA) is 65.5 Å². The first-order chi connectivity index (χ1) is 18.0. The molecule has 2 saturated carbocycles. The molecule has 4 fully saturated rings. The van der Waals surface area contributed by atoms with Gasteiger partial charge in [-0.25, -0.2) is 0 Å². The van der Waals surface area contributed by atoms with E-state index in [1.165, 1.54) is 53.8 Å². The fourth-order valence-electron chi connectivity index (χ4n) is 7.30. The number of nitrogens with one attached hydrogen (secondary N) is 1. The van der Waals surface area contributed by atoms with Gasteiger partial charge in [-0.3, -0.25) is 19.5 Å². The molecule has 6 nitrogen and oxygen atoms in total. The van der Waals surface area contributed by atoms with Crippen LogP contribution in [-0.4, -0.2) is 46.4 Å². The summed E-state index contributed by atoms with van der Waals surface area (Å²) in [6.07, 6.45) is 8.92. The minimum Gasteiger partial charge on any atom is -0.366 e. The van der Waals surface area contributed by atoms with E-state index in [0.717, 1.165) is 44.7 Å². The average Bonchev–Trinajstić information content (AvgIpc) is 3.18. The van der Waals surface area contributed by atoms with Crippen molar-refractivity contribution in [2.45, 2.75) is 69.0 Å².